The van der Waals surface area contributed by atoms with Crippen molar-refractivity contribution in [2.24, 2.45) is 5.92 Å². The van der Waals surface area contributed by atoms with Gasteiger partial charge in [0.05, 0.1) is 5.51 Å². The predicted molar refractivity (Wildman–Crippen MR) is 73.5 cm³/mol. The molecule has 20 heavy (non-hydrogen) atoms. The van der Waals surface area contributed by atoms with E-state index in [-0.39, 0.29) is 5.91 Å². The Morgan fingerprint density at radius 1 is 1.60 bits per heavy atom. The molecule has 0 saturated carbocycles. The van der Waals surface area contributed by atoms with Gasteiger partial charge in [0.2, 0.25) is 5.89 Å². The Labute approximate surface area is 120 Å². The lowest BCUT2D eigenvalue weighted by Crippen LogP contribution is -2.28. The summed E-state index contributed by atoms with van der Waals surface area (Å²) in [5.74, 6) is 1.92. The number of carbonyl (C=O) groups excluding carboxylic acids is 1. The van der Waals surface area contributed by atoms with E-state index in [0.717, 1.165) is 38.2 Å². The van der Waals surface area contributed by atoms with E-state index in [4.69, 9.17) is 4.52 Å². The third kappa shape index (κ3) is 2.87. The second kappa shape index (κ2) is 5.70. The Hall–Kier alpha value is -1.76. The van der Waals surface area contributed by atoms with Crippen molar-refractivity contribution in [2.75, 3.05) is 13.1 Å². The minimum absolute atomic E-state index is 0.0455. The Morgan fingerprint density at radius 2 is 2.50 bits per heavy atom. The number of likely N-dealkylation sites (tertiary alicyclic amines) is 1. The van der Waals surface area contributed by atoms with Crippen LogP contribution in [0.2, 0.25) is 0 Å². The average Bonchev–Trinajstić information content (AvgIpc) is 3.17. The molecule has 0 spiro atoms. The van der Waals surface area contributed by atoms with Crippen molar-refractivity contribution >= 4 is 17.2 Å². The summed E-state index contributed by atoms with van der Waals surface area (Å²) < 4.78 is 4.96. The number of aryl methyl sites for hydroxylation is 2. The van der Waals surface area contributed by atoms with Gasteiger partial charge in [-0.2, -0.15) is 4.98 Å². The van der Waals surface area contributed by atoms with Crippen LogP contribution in [0.3, 0.4) is 0 Å². The highest BCUT2D eigenvalue weighted by atomic mass is 32.1. The van der Waals surface area contributed by atoms with Crippen molar-refractivity contribution < 1.29 is 9.32 Å². The van der Waals surface area contributed by atoms with Gasteiger partial charge in [0.25, 0.3) is 5.91 Å². The summed E-state index contributed by atoms with van der Waals surface area (Å²) in [4.78, 5) is 22.3. The van der Waals surface area contributed by atoms with Gasteiger partial charge in [-0.25, -0.2) is 4.98 Å². The molecule has 0 radical (unpaired) electrons. The molecule has 0 aromatic carbocycles. The minimum Gasteiger partial charge on any atom is -0.340 e. The maximum absolute atomic E-state index is 12.2. The van der Waals surface area contributed by atoms with E-state index in [1.165, 1.54) is 11.3 Å². The zero-order chi connectivity index (χ0) is 13.9. The molecule has 3 heterocycles. The van der Waals surface area contributed by atoms with Crippen molar-refractivity contribution in [3.8, 4) is 0 Å². The van der Waals surface area contributed by atoms with Crippen LogP contribution in [0.1, 0.15) is 35.0 Å². The van der Waals surface area contributed by atoms with Crippen molar-refractivity contribution in [3.05, 3.63) is 28.3 Å². The summed E-state index contributed by atoms with van der Waals surface area (Å²) in [5.41, 5.74) is 2.25. The third-order valence-corrected chi connectivity index (χ3v) is 4.16. The fraction of sp³-hybridized carbons (Fsp3) is 0.538. The molecule has 1 amide bonds. The Kier molecular flexibility index (Phi) is 3.77. The fourth-order valence-corrected chi connectivity index (χ4v) is 3.03. The van der Waals surface area contributed by atoms with Gasteiger partial charge in [-0.05, 0) is 18.8 Å². The van der Waals surface area contributed by atoms with E-state index in [0.29, 0.717) is 17.5 Å². The summed E-state index contributed by atoms with van der Waals surface area (Å²) in [6, 6.07) is 0. The highest BCUT2D eigenvalue weighted by molar-refractivity contribution is 7.07. The maximum Gasteiger partial charge on any atom is 0.273 e. The number of rotatable bonds is 4. The first-order chi connectivity index (χ1) is 9.72. The molecule has 3 rings (SSSR count). The van der Waals surface area contributed by atoms with Crippen molar-refractivity contribution in [3.63, 3.8) is 0 Å². The monoisotopic (exact) mass is 292 g/mol. The molecular weight excluding hydrogens is 276 g/mol. The molecule has 1 aliphatic rings. The van der Waals surface area contributed by atoms with Crippen LogP contribution >= 0.6 is 11.3 Å². The number of amides is 1. The topological polar surface area (TPSA) is 72.1 Å². The van der Waals surface area contributed by atoms with Gasteiger partial charge in [0.1, 0.15) is 5.69 Å². The largest absolute Gasteiger partial charge is 0.340 e. The highest BCUT2D eigenvalue weighted by Gasteiger charge is 2.27. The van der Waals surface area contributed by atoms with Gasteiger partial charge < -0.3 is 9.42 Å². The van der Waals surface area contributed by atoms with Crippen LogP contribution in [0.15, 0.2) is 15.4 Å². The summed E-state index contributed by atoms with van der Waals surface area (Å²) in [6.07, 6.45) is 2.83. The number of thiazole rings is 1. The van der Waals surface area contributed by atoms with E-state index >= 15 is 0 Å². The smallest absolute Gasteiger partial charge is 0.273 e. The molecule has 0 aliphatic carbocycles. The lowest BCUT2D eigenvalue weighted by atomic mass is 10.0. The normalized spacial score (nSPS) is 18.6. The van der Waals surface area contributed by atoms with E-state index < -0.39 is 0 Å². The molecule has 1 saturated heterocycles. The number of aromatic nitrogens is 3. The van der Waals surface area contributed by atoms with Crippen molar-refractivity contribution in [1.82, 2.24) is 20.0 Å². The van der Waals surface area contributed by atoms with Crippen LogP contribution < -0.4 is 0 Å². The standard InChI is InChI=1S/C13H16N4O2S/c1-9-15-12(16-19-9)3-2-10-4-5-17(6-10)13(18)11-7-20-8-14-11/h7-8,10H,2-6H2,1H3. The summed E-state index contributed by atoms with van der Waals surface area (Å²) in [6.45, 7) is 3.40. The molecule has 1 unspecified atom stereocenters. The van der Waals surface area contributed by atoms with Gasteiger partial charge in [-0.1, -0.05) is 5.16 Å². The lowest BCUT2D eigenvalue weighted by molar-refractivity contribution is 0.0781. The van der Waals surface area contributed by atoms with E-state index in [1.54, 1.807) is 17.8 Å². The van der Waals surface area contributed by atoms with Crippen molar-refractivity contribution in [2.45, 2.75) is 26.2 Å². The van der Waals surface area contributed by atoms with Gasteiger partial charge in [-0.15, -0.1) is 11.3 Å². The van der Waals surface area contributed by atoms with Crippen LogP contribution in [0.5, 0.6) is 0 Å². The summed E-state index contributed by atoms with van der Waals surface area (Å²) in [7, 11) is 0. The van der Waals surface area contributed by atoms with Crippen LogP contribution in [-0.4, -0.2) is 39.0 Å². The van der Waals surface area contributed by atoms with Crippen LogP contribution in [-0.2, 0) is 6.42 Å². The zero-order valence-corrected chi connectivity index (χ0v) is 12.1. The summed E-state index contributed by atoms with van der Waals surface area (Å²) >= 11 is 1.45. The van der Waals surface area contributed by atoms with E-state index in [9.17, 15) is 4.79 Å². The Morgan fingerprint density at radius 3 is 3.20 bits per heavy atom. The molecule has 0 N–H and O–H groups in total. The second-order valence-corrected chi connectivity index (χ2v) is 5.77. The van der Waals surface area contributed by atoms with Gasteiger partial charge in [0, 0.05) is 31.8 Å². The van der Waals surface area contributed by atoms with Crippen molar-refractivity contribution in [1.29, 1.82) is 0 Å². The molecule has 2 aromatic rings. The molecule has 1 fully saturated rings. The molecule has 0 bridgehead atoms. The molecular formula is C13H16N4O2S. The first-order valence-corrected chi connectivity index (χ1v) is 7.63. The number of carbonyl (C=O) groups is 1. The second-order valence-electron chi connectivity index (χ2n) is 5.05. The predicted octanol–water partition coefficient (Wildman–Crippen LogP) is 1.93. The molecule has 2 aromatic heterocycles. The van der Waals surface area contributed by atoms with Gasteiger partial charge in [-0.3, -0.25) is 4.79 Å². The fourth-order valence-electron chi connectivity index (χ4n) is 2.51. The maximum atomic E-state index is 12.2. The van der Waals surface area contributed by atoms with Crippen LogP contribution in [0, 0.1) is 12.8 Å². The van der Waals surface area contributed by atoms with E-state index in [2.05, 4.69) is 15.1 Å². The lowest BCUT2D eigenvalue weighted by Gasteiger charge is -2.14. The molecule has 7 heteroatoms. The minimum atomic E-state index is 0.0455. The Bertz CT molecular complexity index is 581. The number of hydrogen-bond donors (Lipinski definition) is 0. The third-order valence-electron chi connectivity index (χ3n) is 3.57. The SMILES string of the molecule is Cc1nc(CCC2CCN(C(=O)c3cscn3)C2)no1. The molecule has 1 aliphatic heterocycles. The molecule has 106 valence electrons. The average molecular weight is 292 g/mol. The molecule has 1 atom stereocenters. The first kappa shape index (κ1) is 13.2. The van der Waals surface area contributed by atoms with Crippen LogP contribution in [0.25, 0.3) is 0 Å². The summed E-state index contributed by atoms with van der Waals surface area (Å²) in [5, 5.41) is 5.70. The highest BCUT2D eigenvalue weighted by Crippen LogP contribution is 2.22. The van der Waals surface area contributed by atoms with Crippen LogP contribution in [0.4, 0.5) is 0 Å². The molecule has 6 nitrogen and oxygen atoms in total. The Balaban J connectivity index is 1.51. The number of hydrogen-bond acceptors (Lipinski definition) is 6. The first-order valence-electron chi connectivity index (χ1n) is 6.69. The van der Waals surface area contributed by atoms with Gasteiger partial charge >= 0.3 is 0 Å². The number of nitrogens with zero attached hydrogens (tertiary/aromatic N) is 4. The van der Waals surface area contributed by atoms with E-state index in [1.807, 2.05) is 4.90 Å². The van der Waals surface area contributed by atoms with Gasteiger partial charge in [0.15, 0.2) is 5.82 Å². The zero-order valence-electron chi connectivity index (χ0n) is 11.3. The quantitative estimate of drug-likeness (QED) is 0.861.